The average Bonchev–Trinajstić information content (AvgIpc) is 2.70. The van der Waals surface area contributed by atoms with Gasteiger partial charge >= 0.3 is 0 Å². The second kappa shape index (κ2) is 15.5. The minimum absolute atomic E-state index is 0.0876. The van der Waals surface area contributed by atoms with Gasteiger partial charge in [0.1, 0.15) is 0 Å². The van der Waals surface area contributed by atoms with Crippen molar-refractivity contribution in [3.05, 3.63) is 29.3 Å². The van der Waals surface area contributed by atoms with Crippen LogP contribution in [0.1, 0.15) is 122 Å². The third-order valence-electron chi connectivity index (χ3n) is 5.49. The number of para-hydroxylation sites is 1. The van der Waals surface area contributed by atoms with Crippen molar-refractivity contribution in [2.75, 3.05) is 11.1 Å². The molecule has 0 radical (unpaired) electrons. The Labute approximate surface area is 189 Å². The van der Waals surface area contributed by atoms with E-state index in [2.05, 4.69) is 58.1 Å². The van der Waals surface area contributed by atoms with Gasteiger partial charge in [0.25, 0.3) is 0 Å². The molecule has 0 bridgehead atoms. The molecular formula is C26H43NO2S. The summed E-state index contributed by atoms with van der Waals surface area (Å²) in [6.45, 7) is 10.8. The number of benzene rings is 1. The largest absolute Gasteiger partial charge is 0.325 e. The maximum Gasteiger partial charge on any atom is 0.234 e. The topological polar surface area (TPSA) is 46.2 Å². The van der Waals surface area contributed by atoms with E-state index in [0.717, 1.165) is 41.4 Å². The number of carbonyl (C=O) groups excluding carboxylic acids is 2. The van der Waals surface area contributed by atoms with Crippen molar-refractivity contribution in [3.8, 4) is 0 Å². The van der Waals surface area contributed by atoms with Gasteiger partial charge in [-0.25, -0.2) is 0 Å². The van der Waals surface area contributed by atoms with E-state index in [1.165, 1.54) is 44.9 Å². The van der Waals surface area contributed by atoms with Crippen molar-refractivity contribution in [3.63, 3.8) is 0 Å². The van der Waals surface area contributed by atoms with Gasteiger partial charge in [-0.1, -0.05) is 116 Å². The second-order valence-electron chi connectivity index (χ2n) is 8.91. The highest BCUT2D eigenvalue weighted by Crippen LogP contribution is 2.32. The molecule has 1 N–H and O–H groups in total. The van der Waals surface area contributed by atoms with Crippen molar-refractivity contribution < 1.29 is 9.59 Å². The summed E-state index contributed by atoms with van der Waals surface area (Å²) in [7, 11) is 0. The fourth-order valence-corrected chi connectivity index (χ4v) is 4.32. The molecule has 0 saturated heterocycles. The summed E-state index contributed by atoms with van der Waals surface area (Å²) in [6, 6.07) is 6.21. The number of hydrogen-bond donors (Lipinski definition) is 1. The molecule has 0 aliphatic heterocycles. The van der Waals surface area contributed by atoms with E-state index in [0.29, 0.717) is 18.3 Å². The van der Waals surface area contributed by atoms with Crippen molar-refractivity contribution in [2.24, 2.45) is 0 Å². The summed E-state index contributed by atoms with van der Waals surface area (Å²) in [5, 5.41) is 3.22. The number of unbranched alkanes of at least 4 members (excludes halogenated alkanes) is 8. The lowest BCUT2D eigenvalue weighted by Gasteiger charge is -2.20. The van der Waals surface area contributed by atoms with Crippen LogP contribution in [-0.2, 0) is 9.59 Å². The van der Waals surface area contributed by atoms with Gasteiger partial charge in [-0.3, -0.25) is 9.59 Å². The third-order valence-corrected chi connectivity index (χ3v) is 6.42. The van der Waals surface area contributed by atoms with Crippen LogP contribution in [0.25, 0.3) is 0 Å². The zero-order chi connectivity index (χ0) is 22.4. The number of nitrogens with one attached hydrogen (secondary N) is 1. The second-order valence-corrected chi connectivity index (χ2v) is 9.94. The summed E-state index contributed by atoms with van der Waals surface area (Å²) in [5.74, 6) is 0.774. The lowest BCUT2D eigenvalue weighted by molar-refractivity contribution is -0.114. The quantitative estimate of drug-likeness (QED) is 0.285. The van der Waals surface area contributed by atoms with Gasteiger partial charge in [0.05, 0.1) is 5.75 Å². The van der Waals surface area contributed by atoms with Crippen LogP contribution in [0.4, 0.5) is 5.69 Å². The van der Waals surface area contributed by atoms with Crippen LogP contribution in [0.15, 0.2) is 18.2 Å². The van der Waals surface area contributed by atoms with Gasteiger partial charge in [0, 0.05) is 12.1 Å². The Morgan fingerprint density at radius 1 is 0.833 bits per heavy atom. The number of rotatable bonds is 15. The Bertz CT molecular complexity index is 614. The van der Waals surface area contributed by atoms with E-state index in [1.807, 2.05) is 0 Å². The first kappa shape index (κ1) is 26.7. The third kappa shape index (κ3) is 10.7. The van der Waals surface area contributed by atoms with E-state index < -0.39 is 0 Å². The monoisotopic (exact) mass is 433 g/mol. The maximum absolute atomic E-state index is 12.5. The SMILES string of the molecule is CCCCCCCCCCCC(=O)SCC(=O)Nc1c(C(C)C)cccc1C(C)C. The predicted octanol–water partition coefficient (Wildman–Crippen LogP) is 8.05. The first-order chi connectivity index (χ1) is 14.4. The van der Waals surface area contributed by atoms with Crippen LogP contribution < -0.4 is 5.32 Å². The lowest BCUT2D eigenvalue weighted by atomic mass is 9.92. The molecule has 1 amide bonds. The minimum Gasteiger partial charge on any atom is -0.325 e. The maximum atomic E-state index is 12.5. The van der Waals surface area contributed by atoms with Gasteiger partial charge in [-0.05, 0) is 29.4 Å². The Balaban J connectivity index is 2.32. The molecule has 0 fully saturated rings. The van der Waals surface area contributed by atoms with Crippen LogP contribution in [0, 0.1) is 0 Å². The molecule has 3 nitrogen and oxygen atoms in total. The highest BCUT2D eigenvalue weighted by molar-refractivity contribution is 8.14. The molecule has 30 heavy (non-hydrogen) atoms. The molecule has 0 unspecified atom stereocenters. The molecule has 0 aliphatic carbocycles. The van der Waals surface area contributed by atoms with E-state index in [-0.39, 0.29) is 16.8 Å². The highest BCUT2D eigenvalue weighted by Gasteiger charge is 2.16. The number of hydrogen-bond acceptors (Lipinski definition) is 3. The van der Waals surface area contributed by atoms with Gasteiger partial charge in [0.15, 0.2) is 5.12 Å². The fraction of sp³-hybridized carbons (Fsp3) is 0.692. The normalized spacial score (nSPS) is 11.3. The van der Waals surface area contributed by atoms with Gasteiger partial charge in [-0.15, -0.1) is 0 Å². The number of carbonyl (C=O) groups is 2. The lowest BCUT2D eigenvalue weighted by Crippen LogP contribution is -2.18. The molecule has 4 heteroatoms. The van der Waals surface area contributed by atoms with Crippen LogP contribution in [0.2, 0.25) is 0 Å². The fourth-order valence-electron chi connectivity index (χ4n) is 3.67. The Hall–Kier alpha value is -1.29. The van der Waals surface area contributed by atoms with Crippen LogP contribution in [-0.4, -0.2) is 16.8 Å². The molecule has 0 saturated carbocycles. The smallest absolute Gasteiger partial charge is 0.234 e. The predicted molar refractivity (Wildman–Crippen MR) is 133 cm³/mol. The minimum atomic E-state index is -0.0876. The number of amides is 1. The van der Waals surface area contributed by atoms with Crippen LogP contribution in [0.5, 0.6) is 0 Å². The van der Waals surface area contributed by atoms with Gasteiger partial charge in [-0.2, -0.15) is 0 Å². The molecular weight excluding hydrogens is 390 g/mol. The van der Waals surface area contributed by atoms with Crippen molar-refractivity contribution in [1.29, 1.82) is 0 Å². The first-order valence-electron chi connectivity index (χ1n) is 11.9. The van der Waals surface area contributed by atoms with Crippen molar-refractivity contribution in [1.82, 2.24) is 0 Å². The zero-order valence-corrected chi connectivity index (χ0v) is 20.7. The van der Waals surface area contributed by atoms with Crippen LogP contribution >= 0.6 is 11.8 Å². The zero-order valence-electron chi connectivity index (χ0n) is 19.9. The van der Waals surface area contributed by atoms with Crippen molar-refractivity contribution >= 4 is 28.5 Å². The molecule has 0 heterocycles. The summed E-state index contributed by atoms with van der Waals surface area (Å²) in [5.41, 5.74) is 3.24. The summed E-state index contributed by atoms with van der Waals surface area (Å²) in [4.78, 5) is 24.6. The molecule has 170 valence electrons. The molecule has 0 spiro atoms. The average molecular weight is 434 g/mol. The Kier molecular flexibility index (Phi) is 13.8. The number of thioether (sulfide) groups is 1. The van der Waals surface area contributed by atoms with E-state index in [9.17, 15) is 9.59 Å². The van der Waals surface area contributed by atoms with E-state index >= 15 is 0 Å². The standard InChI is InChI=1S/C26H43NO2S/c1-6-7-8-9-10-11-12-13-14-18-25(29)30-19-24(28)27-26-22(20(2)3)16-15-17-23(26)21(4)5/h15-17,20-21H,6-14,18-19H2,1-5H3,(H,27,28). The van der Waals surface area contributed by atoms with E-state index in [1.54, 1.807) is 0 Å². The molecule has 1 aromatic carbocycles. The van der Waals surface area contributed by atoms with Crippen LogP contribution in [0.3, 0.4) is 0 Å². The molecule has 1 rings (SSSR count). The summed E-state index contributed by atoms with van der Waals surface area (Å²) >= 11 is 1.16. The number of anilines is 1. The summed E-state index contributed by atoms with van der Waals surface area (Å²) in [6.07, 6.45) is 11.8. The van der Waals surface area contributed by atoms with Gasteiger partial charge < -0.3 is 5.32 Å². The van der Waals surface area contributed by atoms with E-state index in [4.69, 9.17) is 0 Å². The molecule has 0 aliphatic rings. The molecule has 1 aromatic rings. The Morgan fingerprint density at radius 3 is 1.83 bits per heavy atom. The Morgan fingerprint density at radius 2 is 1.33 bits per heavy atom. The molecule has 0 atom stereocenters. The van der Waals surface area contributed by atoms with Crippen molar-refractivity contribution in [2.45, 2.75) is 111 Å². The summed E-state index contributed by atoms with van der Waals surface area (Å²) < 4.78 is 0. The van der Waals surface area contributed by atoms with Gasteiger partial charge in [0.2, 0.25) is 5.91 Å². The first-order valence-corrected chi connectivity index (χ1v) is 12.9. The molecule has 0 aromatic heterocycles. The highest BCUT2D eigenvalue weighted by atomic mass is 32.2.